The fraction of sp³-hybridized carbons (Fsp3) is 0. The first-order valence-electron chi connectivity index (χ1n) is 1.11. The predicted molar refractivity (Wildman–Crippen MR) is 18.9 cm³/mol. The molecule has 5 nitrogen and oxygen atoms in total. The van der Waals surface area contributed by atoms with Crippen LogP contribution in [0.25, 0.3) is 0 Å². The zero-order chi connectivity index (χ0) is 5.15. The molecule has 0 amide bonds. The third-order valence-electron chi connectivity index (χ3n) is 0.183. The van der Waals surface area contributed by atoms with Crippen LogP contribution >= 0.6 is 0 Å². The van der Waals surface area contributed by atoms with Crippen LogP contribution in [0.2, 0.25) is 0 Å². The summed E-state index contributed by atoms with van der Waals surface area (Å²) in [6, 6.07) is 0. The first-order chi connectivity index (χ1) is 2.64. The van der Waals surface area contributed by atoms with Crippen molar-refractivity contribution in [1.82, 2.24) is 0 Å². The van der Waals surface area contributed by atoms with Crippen molar-refractivity contribution in [3.05, 3.63) is 0 Å². The van der Waals surface area contributed by atoms with Gasteiger partial charge in [-0.1, -0.05) is 0 Å². The van der Waals surface area contributed by atoms with Crippen LogP contribution in [0.15, 0.2) is 0 Å². The quantitative estimate of drug-likeness (QED) is 0.332. The van der Waals surface area contributed by atoms with E-state index in [1.807, 2.05) is 0 Å². The van der Waals surface area contributed by atoms with Crippen LogP contribution in [0.5, 0.6) is 0 Å². The summed E-state index contributed by atoms with van der Waals surface area (Å²) in [5.74, 6) is -3.65. The third kappa shape index (κ3) is 9.04. The van der Waals surface area contributed by atoms with E-state index in [0.29, 0.717) is 0 Å². The number of aliphatic carboxylic acids is 2. The Bertz CT molecular complexity index is 76.4. The fourth-order valence-corrected chi connectivity index (χ4v) is 0. The molecule has 0 aromatic carbocycles. The van der Waals surface area contributed by atoms with Gasteiger partial charge in [0.15, 0.2) is 0 Å². The van der Waals surface area contributed by atoms with Crippen molar-refractivity contribution in [2.24, 2.45) is 0 Å². The Hall–Kier alpha value is -0.606. The molecule has 0 saturated heterocycles. The topological polar surface area (TPSA) is 106 Å². The summed E-state index contributed by atoms with van der Waals surface area (Å²) < 4.78 is 0. The molecule has 0 unspecified atom stereocenters. The van der Waals surface area contributed by atoms with Crippen molar-refractivity contribution in [2.45, 2.75) is 0 Å². The Balaban J connectivity index is -0.000000125. The summed E-state index contributed by atoms with van der Waals surface area (Å²) in [4.78, 5) is 18.2. The minimum absolute atomic E-state index is 0. The van der Waals surface area contributed by atoms with Crippen molar-refractivity contribution in [1.29, 1.82) is 0 Å². The molecule has 0 spiro atoms. The molecule has 0 heterocycles. The minimum atomic E-state index is -1.82. The Morgan fingerprint density at radius 1 is 1.00 bits per heavy atom. The van der Waals surface area contributed by atoms with Crippen LogP contribution in [-0.4, -0.2) is 27.6 Å². The molecule has 8 heavy (non-hydrogen) atoms. The molecule has 0 radical (unpaired) electrons. The van der Waals surface area contributed by atoms with Crippen LogP contribution in [0.4, 0.5) is 0 Å². The van der Waals surface area contributed by atoms with Crippen molar-refractivity contribution >= 4 is 11.9 Å². The van der Waals surface area contributed by atoms with E-state index in [-0.39, 0.29) is 22.0 Å². The van der Waals surface area contributed by atoms with E-state index in [2.05, 4.69) is 0 Å². The van der Waals surface area contributed by atoms with E-state index < -0.39 is 11.9 Å². The van der Waals surface area contributed by atoms with Gasteiger partial charge in [0, 0.05) is 16.5 Å². The molecular weight excluding hydrogens is 163 g/mol. The van der Waals surface area contributed by atoms with E-state index in [4.69, 9.17) is 19.8 Å². The molecule has 0 fully saturated rings. The number of hydrogen-bond acceptors (Lipinski definition) is 2. The van der Waals surface area contributed by atoms with Gasteiger partial charge in [-0.3, -0.25) is 0 Å². The van der Waals surface area contributed by atoms with Gasteiger partial charge in [0.05, 0.1) is 0 Å². The van der Waals surface area contributed by atoms with Crippen molar-refractivity contribution in [3.63, 3.8) is 0 Å². The van der Waals surface area contributed by atoms with Crippen molar-refractivity contribution in [3.8, 4) is 0 Å². The van der Waals surface area contributed by atoms with Gasteiger partial charge in [-0.2, -0.15) is 0 Å². The smallest absolute Gasteiger partial charge is 0.414 e. The number of carboxylic acid groups (broad SMARTS) is 2. The monoisotopic (exact) mass is 166 g/mol. The third-order valence-corrected chi connectivity index (χ3v) is 0.183. The molecular formula is C2H4NiO5. The maximum absolute atomic E-state index is 9.10. The molecule has 0 aliphatic heterocycles. The van der Waals surface area contributed by atoms with Gasteiger partial charge in [0.25, 0.3) is 0 Å². The van der Waals surface area contributed by atoms with Crippen LogP contribution in [0, 0.1) is 0 Å². The molecule has 0 aromatic heterocycles. The number of carboxylic acids is 2. The van der Waals surface area contributed by atoms with Gasteiger partial charge >= 0.3 is 11.9 Å². The second-order valence-corrected chi connectivity index (χ2v) is 0.610. The second kappa shape index (κ2) is 6.39. The van der Waals surface area contributed by atoms with Crippen molar-refractivity contribution in [2.75, 3.05) is 0 Å². The molecule has 52 valence electrons. The zero-order valence-corrected chi connectivity index (χ0v) is 4.51. The SMILES string of the molecule is O.O=C(O)C(=O)O.[Ni]. The van der Waals surface area contributed by atoms with E-state index in [0.717, 1.165) is 0 Å². The predicted octanol–water partition coefficient (Wildman–Crippen LogP) is -1.67. The fourth-order valence-electron chi connectivity index (χ4n) is 0. The maximum atomic E-state index is 9.10. The summed E-state index contributed by atoms with van der Waals surface area (Å²) in [5, 5.41) is 14.8. The first-order valence-corrected chi connectivity index (χ1v) is 1.11. The van der Waals surface area contributed by atoms with Crippen LogP contribution < -0.4 is 0 Å². The van der Waals surface area contributed by atoms with Gasteiger partial charge in [0.2, 0.25) is 0 Å². The standard InChI is InChI=1S/C2H2O4.Ni.H2O/c3-1(4)2(5)6;;/h(H,3,4)(H,5,6);;1H2. The van der Waals surface area contributed by atoms with E-state index in [1.165, 1.54) is 0 Å². The van der Waals surface area contributed by atoms with Gasteiger partial charge in [-0.25, -0.2) is 9.59 Å². The summed E-state index contributed by atoms with van der Waals surface area (Å²) in [6.07, 6.45) is 0. The summed E-state index contributed by atoms with van der Waals surface area (Å²) >= 11 is 0. The zero-order valence-electron chi connectivity index (χ0n) is 3.53. The Kier molecular flexibility index (Phi) is 12.5. The number of hydrogen-bond donors (Lipinski definition) is 2. The molecule has 0 saturated carbocycles. The molecule has 0 aromatic rings. The van der Waals surface area contributed by atoms with Gasteiger partial charge < -0.3 is 15.7 Å². The van der Waals surface area contributed by atoms with Gasteiger partial charge in [0.1, 0.15) is 0 Å². The molecule has 0 aliphatic carbocycles. The van der Waals surface area contributed by atoms with Crippen LogP contribution in [0.1, 0.15) is 0 Å². The van der Waals surface area contributed by atoms with Crippen molar-refractivity contribution < 1.29 is 41.8 Å². The maximum Gasteiger partial charge on any atom is 0.414 e. The summed E-state index contributed by atoms with van der Waals surface area (Å²) in [6.45, 7) is 0. The van der Waals surface area contributed by atoms with E-state index >= 15 is 0 Å². The molecule has 0 bridgehead atoms. The van der Waals surface area contributed by atoms with Crippen LogP contribution in [0.3, 0.4) is 0 Å². The number of carbonyl (C=O) groups is 2. The molecule has 6 heteroatoms. The average Bonchev–Trinajstić information content (AvgIpc) is 1.36. The van der Waals surface area contributed by atoms with Gasteiger partial charge in [-0.05, 0) is 0 Å². The molecule has 0 rings (SSSR count). The molecule has 0 atom stereocenters. The van der Waals surface area contributed by atoms with E-state index in [9.17, 15) is 0 Å². The Morgan fingerprint density at radius 3 is 1.12 bits per heavy atom. The second-order valence-electron chi connectivity index (χ2n) is 0.610. The average molecular weight is 167 g/mol. The van der Waals surface area contributed by atoms with Gasteiger partial charge in [-0.15, -0.1) is 0 Å². The number of rotatable bonds is 0. The molecule has 0 aliphatic rings. The Labute approximate surface area is 54.5 Å². The largest absolute Gasteiger partial charge is 0.473 e. The summed E-state index contributed by atoms with van der Waals surface area (Å²) in [5.41, 5.74) is 0. The first kappa shape index (κ1) is 15.7. The Morgan fingerprint density at radius 2 is 1.12 bits per heavy atom. The minimum Gasteiger partial charge on any atom is -0.473 e. The van der Waals surface area contributed by atoms with E-state index in [1.54, 1.807) is 0 Å². The normalized spacial score (nSPS) is 5.50. The summed E-state index contributed by atoms with van der Waals surface area (Å²) in [7, 11) is 0. The van der Waals surface area contributed by atoms with Crippen LogP contribution in [-0.2, 0) is 26.1 Å². The molecule has 4 N–H and O–H groups in total.